The minimum Gasteiger partial charge on any atom is -0.497 e. The molecule has 2 amide bonds. The molecule has 0 fully saturated rings. The first-order chi connectivity index (χ1) is 15.5. The Morgan fingerprint density at radius 1 is 1.12 bits per heavy atom. The SMILES string of the molecule is COc1ccc([C@@H]2c3[nH]c4ccccc4c3CCN2C(=O)Nc2ccc(C)cc2Cl)cc1. The maximum atomic E-state index is 13.5. The lowest BCUT2D eigenvalue weighted by Crippen LogP contribution is -2.43. The van der Waals surface area contributed by atoms with Crippen molar-refractivity contribution in [2.45, 2.75) is 19.4 Å². The molecule has 0 bridgehead atoms. The summed E-state index contributed by atoms with van der Waals surface area (Å²) < 4.78 is 5.33. The summed E-state index contributed by atoms with van der Waals surface area (Å²) in [5.74, 6) is 0.781. The second-order valence-corrected chi connectivity index (χ2v) is 8.50. The van der Waals surface area contributed by atoms with E-state index in [0.717, 1.165) is 34.5 Å². The van der Waals surface area contributed by atoms with E-state index >= 15 is 0 Å². The summed E-state index contributed by atoms with van der Waals surface area (Å²) in [6, 6.07) is 21.4. The smallest absolute Gasteiger partial charge is 0.322 e. The van der Waals surface area contributed by atoms with Crippen LogP contribution >= 0.6 is 11.6 Å². The number of para-hydroxylation sites is 1. The number of ether oxygens (including phenoxy) is 1. The van der Waals surface area contributed by atoms with E-state index in [-0.39, 0.29) is 12.1 Å². The molecule has 2 N–H and O–H groups in total. The lowest BCUT2D eigenvalue weighted by atomic mass is 9.92. The van der Waals surface area contributed by atoms with Gasteiger partial charge in [0.2, 0.25) is 0 Å². The number of aryl methyl sites for hydroxylation is 1. The highest BCUT2D eigenvalue weighted by Crippen LogP contribution is 2.39. The fraction of sp³-hybridized carbons (Fsp3) is 0.192. The number of urea groups is 1. The van der Waals surface area contributed by atoms with Crippen LogP contribution in [0.2, 0.25) is 5.02 Å². The highest BCUT2D eigenvalue weighted by molar-refractivity contribution is 6.33. The number of nitrogens with one attached hydrogen (secondary N) is 2. The van der Waals surface area contributed by atoms with E-state index < -0.39 is 0 Å². The Hall–Kier alpha value is -3.44. The largest absolute Gasteiger partial charge is 0.497 e. The molecule has 0 unspecified atom stereocenters. The van der Waals surface area contributed by atoms with Gasteiger partial charge in [0.25, 0.3) is 0 Å². The normalized spacial score (nSPS) is 15.5. The van der Waals surface area contributed by atoms with Crippen LogP contribution in [-0.2, 0) is 6.42 Å². The van der Waals surface area contributed by atoms with Crippen LogP contribution in [0.3, 0.4) is 0 Å². The molecule has 6 heteroatoms. The second-order valence-electron chi connectivity index (χ2n) is 8.10. The van der Waals surface area contributed by atoms with E-state index in [9.17, 15) is 4.79 Å². The van der Waals surface area contributed by atoms with Crippen LogP contribution in [0.4, 0.5) is 10.5 Å². The number of rotatable bonds is 3. The summed E-state index contributed by atoms with van der Waals surface area (Å²) in [7, 11) is 1.65. The zero-order chi connectivity index (χ0) is 22.2. The van der Waals surface area contributed by atoms with Gasteiger partial charge < -0.3 is 19.9 Å². The van der Waals surface area contributed by atoms with E-state index in [1.54, 1.807) is 7.11 Å². The molecule has 0 aliphatic carbocycles. The number of aromatic nitrogens is 1. The molecule has 1 aromatic heterocycles. The van der Waals surface area contributed by atoms with Gasteiger partial charge >= 0.3 is 6.03 Å². The Balaban J connectivity index is 1.56. The number of carbonyl (C=O) groups is 1. The summed E-state index contributed by atoms with van der Waals surface area (Å²) in [5.41, 5.74) is 6.07. The Bertz CT molecular complexity index is 1300. The first-order valence-corrected chi connectivity index (χ1v) is 11.0. The third-order valence-corrected chi connectivity index (χ3v) is 6.41. The molecule has 1 atom stereocenters. The van der Waals surface area contributed by atoms with Crippen LogP contribution in [0.1, 0.15) is 28.4 Å². The van der Waals surface area contributed by atoms with Gasteiger partial charge in [0, 0.05) is 23.1 Å². The van der Waals surface area contributed by atoms with E-state index in [1.165, 1.54) is 10.9 Å². The maximum Gasteiger partial charge on any atom is 0.322 e. The van der Waals surface area contributed by atoms with Crippen LogP contribution in [0, 0.1) is 6.92 Å². The van der Waals surface area contributed by atoms with Gasteiger partial charge in [-0.3, -0.25) is 0 Å². The number of aromatic amines is 1. The number of halogens is 1. The third kappa shape index (κ3) is 3.59. The van der Waals surface area contributed by atoms with Gasteiger partial charge in [0.15, 0.2) is 0 Å². The summed E-state index contributed by atoms with van der Waals surface area (Å²) in [4.78, 5) is 18.9. The fourth-order valence-electron chi connectivity index (χ4n) is 4.50. The lowest BCUT2D eigenvalue weighted by Gasteiger charge is -2.36. The first kappa shape index (κ1) is 20.5. The molecule has 1 aliphatic heterocycles. The molecule has 0 spiro atoms. The zero-order valence-electron chi connectivity index (χ0n) is 18.0. The maximum absolute atomic E-state index is 13.5. The molecular weight excluding hydrogens is 422 g/mol. The Morgan fingerprint density at radius 3 is 2.66 bits per heavy atom. The molecule has 5 nitrogen and oxygen atoms in total. The van der Waals surface area contributed by atoms with Crippen molar-refractivity contribution in [2.24, 2.45) is 0 Å². The quantitative estimate of drug-likeness (QED) is 0.387. The van der Waals surface area contributed by atoms with Crippen LogP contribution in [0.25, 0.3) is 10.9 Å². The van der Waals surface area contributed by atoms with Gasteiger partial charge in [-0.1, -0.05) is 48.0 Å². The van der Waals surface area contributed by atoms with Crippen molar-refractivity contribution in [3.63, 3.8) is 0 Å². The Labute approximate surface area is 192 Å². The minimum absolute atomic E-state index is 0.180. The summed E-state index contributed by atoms with van der Waals surface area (Å²) in [6.45, 7) is 2.57. The van der Waals surface area contributed by atoms with Crippen molar-refractivity contribution < 1.29 is 9.53 Å². The molecule has 2 heterocycles. The van der Waals surface area contributed by atoms with Gasteiger partial charge in [-0.05, 0) is 60.4 Å². The summed E-state index contributed by atoms with van der Waals surface area (Å²) in [5, 5.41) is 4.75. The number of hydrogen-bond acceptors (Lipinski definition) is 2. The highest BCUT2D eigenvalue weighted by Gasteiger charge is 2.34. The molecular formula is C26H24ClN3O2. The summed E-state index contributed by atoms with van der Waals surface area (Å²) in [6.07, 6.45) is 0.779. The van der Waals surface area contributed by atoms with Crippen molar-refractivity contribution >= 4 is 34.2 Å². The van der Waals surface area contributed by atoms with Crippen LogP contribution in [0.5, 0.6) is 5.75 Å². The first-order valence-electron chi connectivity index (χ1n) is 10.6. The van der Waals surface area contributed by atoms with Crippen molar-refractivity contribution in [3.05, 3.63) is 94.1 Å². The van der Waals surface area contributed by atoms with Crippen molar-refractivity contribution in [3.8, 4) is 5.75 Å². The Kier molecular flexibility index (Phi) is 5.27. The Morgan fingerprint density at radius 2 is 1.91 bits per heavy atom. The standard InChI is InChI=1S/C26H24ClN3O2/c1-16-7-12-23(21(27)15-16)29-26(31)30-14-13-20-19-5-3-4-6-22(19)28-24(20)25(30)17-8-10-18(32-2)11-9-17/h3-12,15,25,28H,13-14H2,1-2H3,(H,29,31)/t25-/m1/s1. The van der Waals surface area contributed by atoms with Gasteiger partial charge in [-0.2, -0.15) is 0 Å². The van der Waals surface area contributed by atoms with Gasteiger partial charge in [-0.25, -0.2) is 4.79 Å². The van der Waals surface area contributed by atoms with E-state index in [4.69, 9.17) is 16.3 Å². The number of benzene rings is 3. The molecule has 0 saturated heterocycles. The summed E-state index contributed by atoms with van der Waals surface area (Å²) >= 11 is 6.38. The predicted octanol–water partition coefficient (Wildman–Crippen LogP) is 6.32. The van der Waals surface area contributed by atoms with Gasteiger partial charge in [-0.15, -0.1) is 0 Å². The highest BCUT2D eigenvalue weighted by atomic mass is 35.5. The molecule has 3 aromatic carbocycles. The number of methoxy groups -OCH3 is 1. The van der Waals surface area contributed by atoms with Gasteiger partial charge in [0.1, 0.15) is 5.75 Å². The fourth-order valence-corrected chi connectivity index (χ4v) is 4.78. The third-order valence-electron chi connectivity index (χ3n) is 6.09. The number of nitrogens with zero attached hydrogens (tertiary/aromatic N) is 1. The molecule has 0 saturated carbocycles. The monoisotopic (exact) mass is 445 g/mol. The van der Waals surface area contributed by atoms with E-state index in [2.05, 4.69) is 28.5 Å². The van der Waals surface area contributed by atoms with Crippen molar-refractivity contribution in [1.82, 2.24) is 9.88 Å². The van der Waals surface area contributed by atoms with Crippen LogP contribution < -0.4 is 10.1 Å². The molecule has 5 rings (SSSR count). The molecule has 0 radical (unpaired) electrons. The van der Waals surface area contributed by atoms with Crippen LogP contribution in [0.15, 0.2) is 66.7 Å². The lowest BCUT2D eigenvalue weighted by molar-refractivity contribution is 0.193. The number of fused-ring (bicyclic) bond motifs is 3. The van der Waals surface area contributed by atoms with Gasteiger partial charge in [0.05, 0.1) is 23.9 Å². The zero-order valence-corrected chi connectivity index (χ0v) is 18.7. The van der Waals surface area contributed by atoms with E-state index in [1.807, 2.05) is 60.4 Å². The molecule has 4 aromatic rings. The number of H-pyrrole nitrogens is 1. The average molecular weight is 446 g/mol. The predicted molar refractivity (Wildman–Crippen MR) is 129 cm³/mol. The minimum atomic E-state index is -0.249. The number of hydrogen-bond donors (Lipinski definition) is 2. The number of carbonyl (C=O) groups excluding carboxylic acids is 1. The number of anilines is 1. The molecule has 1 aliphatic rings. The average Bonchev–Trinajstić information content (AvgIpc) is 3.19. The van der Waals surface area contributed by atoms with Crippen LogP contribution in [-0.4, -0.2) is 29.6 Å². The second kappa shape index (κ2) is 8.24. The van der Waals surface area contributed by atoms with Crippen molar-refractivity contribution in [1.29, 1.82) is 0 Å². The topological polar surface area (TPSA) is 57.4 Å². The van der Waals surface area contributed by atoms with Crippen molar-refractivity contribution in [2.75, 3.05) is 19.0 Å². The molecule has 162 valence electrons. The molecule has 32 heavy (non-hydrogen) atoms. The van der Waals surface area contributed by atoms with E-state index in [0.29, 0.717) is 17.3 Å². The number of amides is 2.